The fourth-order valence-corrected chi connectivity index (χ4v) is 4.74. The first-order valence-electron chi connectivity index (χ1n) is 7.86. The zero-order chi connectivity index (χ0) is 16.3. The standard InChI is InChI=1S/C14H25N3O4S/c1-10-5-3-4-7-17(10)13(18)11(2)15-14(19)16-12-6-8-22(20,21)9-12/h10-12H,3-9H2,1-2H3,(H2,15,16,19)/t10-,11-,12+/m0/s1. The van der Waals surface area contributed by atoms with Crippen LogP contribution in [0.25, 0.3) is 0 Å². The summed E-state index contributed by atoms with van der Waals surface area (Å²) in [4.78, 5) is 26.1. The third-order valence-electron chi connectivity index (χ3n) is 4.37. The molecule has 0 spiro atoms. The lowest BCUT2D eigenvalue weighted by molar-refractivity contribution is -0.136. The van der Waals surface area contributed by atoms with Crippen molar-refractivity contribution in [2.75, 3.05) is 18.1 Å². The number of rotatable bonds is 3. The first-order valence-corrected chi connectivity index (χ1v) is 9.68. The molecule has 2 fully saturated rings. The zero-order valence-corrected chi connectivity index (χ0v) is 14.0. The van der Waals surface area contributed by atoms with Crippen molar-refractivity contribution in [3.63, 3.8) is 0 Å². The molecule has 0 saturated carbocycles. The normalized spacial score (nSPS) is 28.9. The summed E-state index contributed by atoms with van der Waals surface area (Å²) < 4.78 is 22.7. The summed E-state index contributed by atoms with van der Waals surface area (Å²) in [6.45, 7) is 4.41. The van der Waals surface area contributed by atoms with Crippen LogP contribution in [0.1, 0.15) is 39.5 Å². The highest BCUT2D eigenvalue weighted by Gasteiger charge is 2.31. The summed E-state index contributed by atoms with van der Waals surface area (Å²) in [5.41, 5.74) is 0. The number of urea groups is 1. The quantitative estimate of drug-likeness (QED) is 0.775. The number of sulfone groups is 1. The van der Waals surface area contributed by atoms with Gasteiger partial charge in [-0.2, -0.15) is 0 Å². The van der Waals surface area contributed by atoms with E-state index in [0.29, 0.717) is 6.42 Å². The molecule has 126 valence electrons. The minimum atomic E-state index is -3.03. The number of nitrogens with zero attached hydrogens (tertiary/aromatic N) is 1. The molecule has 2 heterocycles. The van der Waals surface area contributed by atoms with Crippen LogP contribution >= 0.6 is 0 Å². The molecule has 2 N–H and O–H groups in total. The van der Waals surface area contributed by atoms with E-state index in [-0.39, 0.29) is 29.5 Å². The van der Waals surface area contributed by atoms with Crippen LogP contribution < -0.4 is 10.6 Å². The van der Waals surface area contributed by atoms with Crippen molar-refractivity contribution in [2.24, 2.45) is 0 Å². The van der Waals surface area contributed by atoms with E-state index in [1.54, 1.807) is 6.92 Å². The average Bonchev–Trinajstić information content (AvgIpc) is 2.77. The Bertz CT molecular complexity index is 534. The summed E-state index contributed by atoms with van der Waals surface area (Å²) in [6, 6.07) is -1.25. The number of hydrogen-bond donors (Lipinski definition) is 2. The van der Waals surface area contributed by atoms with Gasteiger partial charge in [-0.25, -0.2) is 13.2 Å². The molecule has 0 aromatic carbocycles. The number of carbonyl (C=O) groups excluding carboxylic acids is 2. The Morgan fingerprint density at radius 3 is 2.55 bits per heavy atom. The third-order valence-corrected chi connectivity index (χ3v) is 6.14. The highest BCUT2D eigenvalue weighted by atomic mass is 32.2. The van der Waals surface area contributed by atoms with E-state index in [2.05, 4.69) is 10.6 Å². The molecular weight excluding hydrogens is 306 g/mol. The maximum atomic E-state index is 12.4. The van der Waals surface area contributed by atoms with E-state index < -0.39 is 21.9 Å². The van der Waals surface area contributed by atoms with Crippen molar-refractivity contribution in [2.45, 2.75) is 57.7 Å². The van der Waals surface area contributed by atoms with Crippen LogP contribution in [0.15, 0.2) is 0 Å². The van der Waals surface area contributed by atoms with Crippen molar-refractivity contribution in [1.29, 1.82) is 0 Å². The molecule has 8 heteroatoms. The molecule has 2 aliphatic heterocycles. The second-order valence-corrected chi connectivity index (χ2v) is 8.54. The third kappa shape index (κ3) is 4.34. The Hall–Kier alpha value is -1.31. The molecule has 7 nitrogen and oxygen atoms in total. The zero-order valence-electron chi connectivity index (χ0n) is 13.2. The van der Waals surface area contributed by atoms with Crippen LogP contribution in [-0.2, 0) is 14.6 Å². The van der Waals surface area contributed by atoms with E-state index in [1.165, 1.54) is 0 Å². The van der Waals surface area contributed by atoms with E-state index in [0.717, 1.165) is 25.8 Å². The molecule has 0 aromatic heterocycles. The lowest BCUT2D eigenvalue weighted by Gasteiger charge is -2.35. The molecular formula is C14H25N3O4S. The van der Waals surface area contributed by atoms with Crippen molar-refractivity contribution in [3.05, 3.63) is 0 Å². The highest BCUT2D eigenvalue weighted by molar-refractivity contribution is 7.91. The molecule has 0 unspecified atom stereocenters. The maximum Gasteiger partial charge on any atom is 0.315 e. The molecule has 0 bridgehead atoms. The van der Waals surface area contributed by atoms with E-state index in [4.69, 9.17) is 0 Å². The van der Waals surface area contributed by atoms with Gasteiger partial charge in [0.05, 0.1) is 11.5 Å². The molecule has 2 aliphatic rings. The van der Waals surface area contributed by atoms with Crippen molar-refractivity contribution >= 4 is 21.8 Å². The summed E-state index contributed by atoms with van der Waals surface area (Å²) in [6.07, 6.45) is 3.55. The van der Waals surface area contributed by atoms with Gasteiger partial charge in [0.1, 0.15) is 6.04 Å². The summed E-state index contributed by atoms with van der Waals surface area (Å²) >= 11 is 0. The SMILES string of the molecule is C[C@H](NC(=O)N[C@@H]1CCS(=O)(=O)C1)C(=O)N1CCCC[C@@H]1C. The second-order valence-electron chi connectivity index (χ2n) is 6.32. The minimum absolute atomic E-state index is 0.0219. The van der Waals surface area contributed by atoms with Crippen LogP contribution in [0.3, 0.4) is 0 Å². The van der Waals surface area contributed by atoms with Gasteiger partial charge in [0.15, 0.2) is 9.84 Å². The molecule has 0 aliphatic carbocycles. The summed E-state index contributed by atoms with van der Waals surface area (Å²) in [5.74, 6) is 0.00489. The molecule has 2 saturated heterocycles. The van der Waals surface area contributed by atoms with Gasteiger partial charge in [-0.3, -0.25) is 4.79 Å². The molecule has 0 radical (unpaired) electrons. The maximum absolute atomic E-state index is 12.4. The Kier molecular flexibility index (Phi) is 5.31. The second kappa shape index (κ2) is 6.85. The fourth-order valence-electron chi connectivity index (χ4n) is 3.07. The average molecular weight is 331 g/mol. The van der Waals surface area contributed by atoms with E-state index >= 15 is 0 Å². The summed E-state index contributed by atoms with van der Waals surface area (Å²) in [7, 11) is -3.03. The fraction of sp³-hybridized carbons (Fsp3) is 0.857. The highest BCUT2D eigenvalue weighted by Crippen LogP contribution is 2.17. The van der Waals surface area contributed by atoms with Gasteiger partial charge in [-0.1, -0.05) is 0 Å². The number of amides is 3. The Morgan fingerprint density at radius 1 is 1.23 bits per heavy atom. The number of hydrogen-bond acceptors (Lipinski definition) is 4. The van der Waals surface area contributed by atoms with E-state index in [1.807, 2.05) is 11.8 Å². The minimum Gasteiger partial charge on any atom is -0.338 e. The number of likely N-dealkylation sites (tertiary alicyclic amines) is 1. The molecule has 0 aromatic rings. The predicted molar refractivity (Wildman–Crippen MR) is 83.2 cm³/mol. The smallest absolute Gasteiger partial charge is 0.315 e. The van der Waals surface area contributed by atoms with Crippen LogP contribution in [0, 0.1) is 0 Å². The number of carbonyl (C=O) groups is 2. The van der Waals surface area contributed by atoms with Gasteiger partial charge in [-0.05, 0) is 39.5 Å². The molecule has 3 atom stereocenters. The predicted octanol–water partition coefficient (Wildman–Crippen LogP) is 0.262. The van der Waals surface area contributed by atoms with E-state index in [9.17, 15) is 18.0 Å². The van der Waals surface area contributed by atoms with Crippen LogP contribution in [-0.4, -0.2) is 61.4 Å². The lowest BCUT2D eigenvalue weighted by Crippen LogP contribution is -2.54. The monoisotopic (exact) mass is 331 g/mol. The largest absolute Gasteiger partial charge is 0.338 e. The number of piperidine rings is 1. The van der Waals surface area contributed by atoms with Crippen molar-refractivity contribution in [1.82, 2.24) is 15.5 Å². The van der Waals surface area contributed by atoms with Gasteiger partial charge < -0.3 is 15.5 Å². The van der Waals surface area contributed by atoms with Crippen molar-refractivity contribution in [3.8, 4) is 0 Å². The van der Waals surface area contributed by atoms with Crippen LogP contribution in [0.4, 0.5) is 4.79 Å². The topological polar surface area (TPSA) is 95.6 Å². The van der Waals surface area contributed by atoms with Gasteiger partial charge >= 0.3 is 6.03 Å². The Labute approximate surface area is 131 Å². The van der Waals surface area contributed by atoms with Crippen LogP contribution in [0.5, 0.6) is 0 Å². The molecule has 3 amide bonds. The van der Waals surface area contributed by atoms with Gasteiger partial charge in [0.25, 0.3) is 0 Å². The van der Waals surface area contributed by atoms with Gasteiger partial charge in [-0.15, -0.1) is 0 Å². The first-order chi connectivity index (χ1) is 10.3. The molecule has 2 rings (SSSR count). The first kappa shape index (κ1) is 17.1. The Morgan fingerprint density at radius 2 is 1.95 bits per heavy atom. The summed E-state index contributed by atoms with van der Waals surface area (Å²) in [5, 5.41) is 5.25. The number of nitrogens with one attached hydrogen (secondary N) is 2. The Balaban J connectivity index is 1.82. The van der Waals surface area contributed by atoms with Gasteiger partial charge in [0.2, 0.25) is 5.91 Å². The lowest BCUT2D eigenvalue weighted by atomic mass is 10.0. The molecule has 22 heavy (non-hydrogen) atoms. The van der Waals surface area contributed by atoms with Gasteiger partial charge in [0, 0.05) is 18.6 Å². The van der Waals surface area contributed by atoms with Crippen molar-refractivity contribution < 1.29 is 18.0 Å². The van der Waals surface area contributed by atoms with Crippen LogP contribution in [0.2, 0.25) is 0 Å².